The average molecular weight is 217 g/mol. The molecule has 4 nitrogen and oxygen atoms in total. The second kappa shape index (κ2) is 5.93. The molecule has 0 aliphatic carbocycles. The minimum Gasteiger partial charge on any atom is -0.395 e. The summed E-state index contributed by atoms with van der Waals surface area (Å²) in [4.78, 5) is 3.93. The van der Waals surface area contributed by atoms with Gasteiger partial charge in [-0.05, 0) is 11.6 Å². The minimum absolute atomic E-state index is 0.0928. The molecule has 0 saturated heterocycles. The molecule has 1 aromatic rings. The van der Waals surface area contributed by atoms with Gasteiger partial charge in [0.05, 0.1) is 23.9 Å². The van der Waals surface area contributed by atoms with Crippen molar-refractivity contribution >= 4 is 11.6 Å². The summed E-state index contributed by atoms with van der Waals surface area (Å²) >= 11 is 5.96. The number of nitrogens with one attached hydrogen (secondary N) is 1. The molecule has 5 heteroatoms. The van der Waals surface area contributed by atoms with Crippen LogP contribution in [0.4, 0.5) is 0 Å². The van der Waals surface area contributed by atoms with Gasteiger partial charge in [0.15, 0.2) is 0 Å². The lowest BCUT2D eigenvalue weighted by atomic mass is 10.2. The Bertz CT molecular complexity index is 294. The summed E-state index contributed by atoms with van der Waals surface area (Å²) in [5.74, 6) is 0. The van der Waals surface area contributed by atoms with E-state index in [1.54, 1.807) is 12.3 Å². The molecule has 1 rings (SSSR count). The first-order valence-corrected chi connectivity index (χ1v) is 4.72. The summed E-state index contributed by atoms with van der Waals surface area (Å²) in [6, 6.07) is 1.78. The van der Waals surface area contributed by atoms with E-state index in [0.717, 1.165) is 5.56 Å². The molecule has 0 radical (unpaired) electrons. The maximum Gasteiger partial charge on any atom is 0.0868 e. The summed E-state index contributed by atoms with van der Waals surface area (Å²) in [5.41, 5.74) is 1.36. The third-order valence-corrected chi connectivity index (χ3v) is 2.26. The van der Waals surface area contributed by atoms with Crippen LogP contribution in [0.5, 0.6) is 0 Å². The number of pyridine rings is 1. The highest BCUT2D eigenvalue weighted by molar-refractivity contribution is 6.31. The Labute approximate surface area is 87.6 Å². The number of halogens is 1. The summed E-state index contributed by atoms with van der Waals surface area (Å²) < 4.78 is 0. The Morgan fingerprint density at radius 1 is 1.43 bits per heavy atom. The summed E-state index contributed by atoms with van der Waals surface area (Å²) in [6.07, 6.45) is 1.60. The zero-order chi connectivity index (χ0) is 10.4. The average Bonchev–Trinajstić information content (AvgIpc) is 2.21. The van der Waals surface area contributed by atoms with Gasteiger partial charge in [-0.2, -0.15) is 0 Å². The van der Waals surface area contributed by atoms with E-state index in [0.29, 0.717) is 23.8 Å². The van der Waals surface area contributed by atoms with Gasteiger partial charge in [-0.25, -0.2) is 0 Å². The fourth-order valence-electron chi connectivity index (χ4n) is 1.08. The van der Waals surface area contributed by atoms with Crippen LogP contribution < -0.4 is 5.32 Å². The van der Waals surface area contributed by atoms with Gasteiger partial charge in [0, 0.05) is 19.3 Å². The van der Waals surface area contributed by atoms with Gasteiger partial charge in [0.2, 0.25) is 0 Å². The molecular weight excluding hydrogens is 204 g/mol. The van der Waals surface area contributed by atoms with Crippen LogP contribution in [0, 0.1) is 0 Å². The Kier molecular flexibility index (Phi) is 4.82. The summed E-state index contributed by atoms with van der Waals surface area (Å²) in [7, 11) is 0. The topological polar surface area (TPSA) is 65.4 Å². The van der Waals surface area contributed by atoms with Crippen molar-refractivity contribution in [3.05, 3.63) is 28.5 Å². The van der Waals surface area contributed by atoms with Crippen molar-refractivity contribution in [3.8, 4) is 0 Å². The first-order valence-electron chi connectivity index (χ1n) is 4.34. The first-order chi connectivity index (χ1) is 6.79. The number of hydrogen-bond donors (Lipinski definition) is 3. The fraction of sp³-hybridized carbons (Fsp3) is 0.444. The van der Waals surface area contributed by atoms with Crippen LogP contribution in [0.15, 0.2) is 12.3 Å². The van der Waals surface area contributed by atoms with E-state index in [2.05, 4.69) is 10.3 Å². The van der Waals surface area contributed by atoms with Crippen LogP contribution in [0.2, 0.25) is 5.02 Å². The molecule has 0 aliphatic heterocycles. The molecule has 78 valence electrons. The third kappa shape index (κ3) is 2.92. The Morgan fingerprint density at radius 2 is 2.21 bits per heavy atom. The Morgan fingerprint density at radius 3 is 2.86 bits per heavy atom. The van der Waals surface area contributed by atoms with Gasteiger partial charge >= 0.3 is 0 Å². The van der Waals surface area contributed by atoms with E-state index >= 15 is 0 Å². The quantitative estimate of drug-likeness (QED) is 0.620. The normalized spacial score (nSPS) is 10.5. The largest absolute Gasteiger partial charge is 0.395 e. The van der Waals surface area contributed by atoms with Crippen LogP contribution in [-0.4, -0.2) is 28.3 Å². The minimum atomic E-state index is -0.160. The van der Waals surface area contributed by atoms with E-state index in [9.17, 15) is 0 Å². The number of aliphatic hydroxyl groups is 2. The highest BCUT2D eigenvalue weighted by atomic mass is 35.5. The van der Waals surface area contributed by atoms with Gasteiger partial charge in [0.1, 0.15) is 0 Å². The van der Waals surface area contributed by atoms with E-state index in [4.69, 9.17) is 21.8 Å². The van der Waals surface area contributed by atoms with Crippen molar-refractivity contribution in [1.29, 1.82) is 0 Å². The van der Waals surface area contributed by atoms with Crippen molar-refractivity contribution in [2.24, 2.45) is 0 Å². The molecule has 0 amide bonds. The van der Waals surface area contributed by atoms with Crippen LogP contribution in [0.1, 0.15) is 11.3 Å². The first kappa shape index (κ1) is 11.4. The number of aromatic nitrogens is 1. The third-order valence-electron chi connectivity index (χ3n) is 1.80. The Hall–Kier alpha value is -0.680. The monoisotopic (exact) mass is 216 g/mol. The van der Waals surface area contributed by atoms with Crippen LogP contribution >= 0.6 is 11.6 Å². The van der Waals surface area contributed by atoms with Crippen molar-refractivity contribution in [3.63, 3.8) is 0 Å². The predicted molar refractivity (Wildman–Crippen MR) is 54.0 cm³/mol. The smallest absolute Gasteiger partial charge is 0.0868 e. The van der Waals surface area contributed by atoms with Gasteiger partial charge in [-0.3, -0.25) is 4.98 Å². The predicted octanol–water partition coefficient (Wildman–Crippen LogP) is 0.309. The maximum atomic E-state index is 8.91. The molecule has 0 saturated carbocycles. The number of nitrogens with zero attached hydrogens (tertiary/aromatic N) is 1. The highest BCUT2D eigenvalue weighted by Gasteiger charge is 2.05. The van der Waals surface area contributed by atoms with Crippen molar-refractivity contribution in [1.82, 2.24) is 10.3 Å². The molecule has 0 atom stereocenters. The lowest BCUT2D eigenvalue weighted by Crippen LogP contribution is -2.18. The van der Waals surface area contributed by atoms with Gasteiger partial charge in [0.25, 0.3) is 0 Å². The number of rotatable bonds is 5. The number of aliphatic hydroxyl groups excluding tert-OH is 2. The van der Waals surface area contributed by atoms with Crippen molar-refractivity contribution in [2.45, 2.75) is 13.2 Å². The zero-order valence-corrected chi connectivity index (χ0v) is 8.46. The zero-order valence-electron chi connectivity index (χ0n) is 7.70. The van der Waals surface area contributed by atoms with Gasteiger partial charge < -0.3 is 15.5 Å². The van der Waals surface area contributed by atoms with Gasteiger partial charge in [-0.1, -0.05) is 11.6 Å². The lowest BCUT2D eigenvalue weighted by Gasteiger charge is -2.07. The standard InChI is InChI=1S/C9H13ClN2O2/c10-9-7(5-11-3-4-13)1-2-12-8(9)6-14/h1-2,11,13-14H,3-6H2. The summed E-state index contributed by atoms with van der Waals surface area (Å²) in [6.45, 7) is 1.02. The molecular formula is C9H13ClN2O2. The molecule has 1 aromatic heterocycles. The van der Waals surface area contributed by atoms with Crippen LogP contribution in [0.25, 0.3) is 0 Å². The summed E-state index contributed by atoms with van der Waals surface area (Å²) in [5, 5.41) is 21.0. The Balaban J connectivity index is 2.66. The van der Waals surface area contributed by atoms with Crippen molar-refractivity contribution in [2.75, 3.05) is 13.2 Å². The van der Waals surface area contributed by atoms with Crippen LogP contribution in [0.3, 0.4) is 0 Å². The molecule has 0 fully saturated rings. The molecule has 14 heavy (non-hydrogen) atoms. The lowest BCUT2D eigenvalue weighted by molar-refractivity contribution is 0.276. The molecule has 0 aromatic carbocycles. The second-order valence-electron chi connectivity index (χ2n) is 2.79. The fourth-order valence-corrected chi connectivity index (χ4v) is 1.32. The molecule has 0 unspecified atom stereocenters. The molecule has 1 heterocycles. The van der Waals surface area contributed by atoms with E-state index < -0.39 is 0 Å². The SMILES string of the molecule is OCCNCc1ccnc(CO)c1Cl. The van der Waals surface area contributed by atoms with Crippen LogP contribution in [-0.2, 0) is 13.2 Å². The van der Waals surface area contributed by atoms with E-state index in [1.807, 2.05) is 0 Å². The maximum absolute atomic E-state index is 8.91. The number of hydrogen-bond acceptors (Lipinski definition) is 4. The van der Waals surface area contributed by atoms with E-state index in [-0.39, 0.29) is 13.2 Å². The molecule has 3 N–H and O–H groups in total. The highest BCUT2D eigenvalue weighted by Crippen LogP contribution is 2.18. The second-order valence-corrected chi connectivity index (χ2v) is 3.17. The van der Waals surface area contributed by atoms with E-state index in [1.165, 1.54) is 0 Å². The molecule has 0 bridgehead atoms. The molecule has 0 spiro atoms. The van der Waals surface area contributed by atoms with Gasteiger partial charge in [-0.15, -0.1) is 0 Å². The molecule has 0 aliphatic rings. The van der Waals surface area contributed by atoms with Crippen molar-refractivity contribution < 1.29 is 10.2 Å².